The summed E-state index contributed by atoms with van der Waals surface area (Å²) in [5.74, 6) is 0.958. The minimum atomic E-state index is -0.0458. The molecule has 122 valence electrons. The van der Waals surface area contributed by atoms with Gasteiger partial charge in [-0.15, -0.1) is 11.8 Å². The lowest BCUT2D eigenvalue weighted by atomic mass is 10.1. The first-order chi connectivity index (χ1) is 11.2. The van der Waals surface area contributed by atoms with Crippen molar-refractivity contribution in [3.63, 3.8) is 0 Å². The Hall–Kier alpha value is -1.45. The monoisotopic (exact) mass is 347 g/mol. The van der Waals surface area contributed by atoms with Gasteiger partial charge in [-0.25, -0.2) is 0 Å². The molecule has 0 fully saturated rings. The summed E-state index contributed by atoms with van der Waals surface area (Å²) in [5, 5.41) is 3.76. The Labute approximate surface area is 147 Å². The van der Waals surface area contributed by atoms with Crippen molar-refractivity contribution < 1.29 is 4.79 Å². The summed E-state index contributed by atoms with van der Waals surface area (Å²) in [6.45, 7) is 2.64. The molecule has 0 aromatic heterocycles. The van der Waals surface area contributed by atoms with E-state index in [2.05, 4.69) is 17.4 Å². The van der Waals surface area contributed by atoms with Crippen LogP contribution < -0.4 is 5.32 Å². The largest absolute Gasteiger partial charge is 0.355 e. The molecule has 2 rings (SSSR count). The molecule has 2 nitrogen and oxygen atoms in total. The van der Waals surface area contributed by atoms with Crippen molar-refractivity contribution in [3.05, 3.63) is 70.7 Å². The third-order valence-electron chi connectivity index (χ3n) is 3.59. The number of aryl methyl sites for hydroxylation is 1. The van der Waals surface area contributed by atoms with Crippen LogP contribution in [0.15, 0.2) is 54.6 Å². The van der Waals surface area contributed by atoms with Crippen molar-refractivity contribution in [2.45, 2.75) is 30.8 Å². The third-order valence-corrected chi connectivity index (χ3v) is 5.17. The molecular weight excluding hydrogens is 326 g/mol. The summed E-state index contributed by atoms with van der Waals surface area (Å²) in [5.41, 5.74) is 2.38. The summed E-state index contributed by atoms with van der Waals surface area (Å²) < 4.78 is 0. The van der Waals surface area contributed by atoms with Gasteiger partial charge in [-0.3, -0.25) is 4.79 Å². The Morgan fingerprint density at radius 1 is 1.13 bits per heavy atom. The van der Waals surface area contributed by atoms with Crippen molar-refractivity contribution >= 4 is 29.3 Å². The molecule has 0 radical (unpaired) electrons. The Kier molecular flexibility index (Phi) is 7.50. The van der Waals surface area contributed by atoms with Crippen LogP contribution in [0.4, 0.5) is 0 Å². The molecule has 1 amide bonds. The average molecular weight is 348 g/mol. The quantitative estimate of drug-likeness (QED) is 0.700. The second-order valence-corrected chi connectivity index (χ2v) is 7.16. The molecule has 1 atom stereocenters. The predicted molar refractivity (Wildman–Crippen MR) is 100.0 cm³/mol. The summed E-state index contributed by atoms with van der Waals surface area (Å²) in [4.78, 5) is 12.1. The highest BCUT2D eigenvalue weighted by molar-refractivity contribution is 7.99. The van der Waals surface area contributed by atoms with E-state index in [1.54, 1.807) is 11.8 Å². The number of thioether (sulfide) groups is 1. The topological polar surface area (TPSA) is 29.1 Å². The minimum Gasteiger partial charge on any atom is -0.355 e. The van der Waals surface area contributed by atoms with Crippen LogP contribution in [0.2, 0.25) is 5.02 Å². The van der Waals surface area contributed by atoms with Crippen molar-refractivity contribution in [1.82, 2.24) is 5.32 Å². The number of carbonyl (C=O) groups excluding carboxylic acids is 1. The molecule has 4 heteroatoms. The van der Waals surface area contributed by atoms with Crippen LogP contribution in [-0.2, 0) is 17.0 Å². The van der Waals surface area contributed by atoms with Gasteiger partial charge >= 0.3 is 0 Å². The maximum atomic E-state index is 12.1. The minimum absolute atomic E-state index is 0.0458. The molecule has 0 heterocycles. The van der Waals surface area contributed by atoms with Crippen molar-refractivity contribution in [2.24, 2.45) is 0 Å². The van der Waals surface area contributed by atoms with Crippen LogP contribution >= 0.6 is 23.4 Å². The van der Waals surface area contributed by atoms with Crippen molar-refractivity contribution in [1.29, 1.82) is 0 Å². The van der Waals surface area contributed by atoms with Crippen LogP contribution in [0.1, 0.15) is 24.5 Å². The second kappa shape index (κ2) is 9.64. The van der Waals surface area contributed by atoms with Gasteiger partial charge < -0.3 is 5.32 Å². The van der Waals surface area contributed by atoms with Gasteiger partial charge in [-0.1, -0.05) is 60.1 Å². The summed E-state index contributed by atoms with van der Waals surface area (Å²) in [6.07, 6.45) is 1.77. The Morgan fingerprint density at radius 2 is 1.83 bits per heavy atom. The molecule has 2 aromatic carbocycles. The number of amides is 1. The molecule has 0 aliphatic heterocycles. The average Bonchev–Trinajstić information content (AvgIpc) is 2.58. The lowest BCUT2D eigenvalue weighted by Gasteiger charge is -2.12. The van der Waals surface area contributed by atoms with E-state index in [0.717, 1.165) is 29.2 Å². The van der Waals surface area contributed by atoms with E-state index in [4.69, 9.17) is 11.6 Å². The van der Waals surface area contributed by atoms with Gasteiger partial charge in [0.15, 0.2) is 0 Å². The molecule has 23 heavy (non-hydrogen) atoms. The fraction of sp³-hybridized carbons (Fsp3) is 0.316. The molecule has 0 spiro atoms. The van der Waals surface area contributed by atoms with Gasteiger partial charge in [0.05, 0.1) is 5.25 Å². The van der Waals surface area contributed by atoms with E-state index < -0.39 is 0 Å². The number of carbonyl (C=O) groups is 1. The zero-order chi connectivity index (χ0) is 16.5. The maximum Gasteiger partial charge on any atom is 0.232 e. The second-order valence-electron chi connectivity index (χ2n) is 5.42. The summed E-state index contributed by atoms with van der Waals surface area (Å²) in [7, 11) is 0. The number of hydrogen-bond donors (Lipinski definition) is 1. The number of rotatable bonds is 8. The van der Waals surface area contributed by atoms with Crippen LogP contribution in [0.25, 0.3) is 0 Å². The molecule has 0 aliphatic rings. The third kappa shape index (κ3) is 6.28. The van der Waals surface area contributed by atoms with E-state index >= 15 is 0 Å². The number of hydrogen-bond acceptors (Lipinski definition) is 2. The zero-order valence-electron chi connectivity index (χ0n) is 13.3. The maximum absolute atomic E-state index is 12.1. The molecule has 0 unspecified atom stereocenters. The van der Waals surface area contributed by atoms with Crippen molar-refractivity contribution in [3.8, 4) is 0 Å². The molecule has 0 aliphatic carbocycles. The van der Waals surface area contributed by atoms with Crippen LogP contribution in [0.5, 0.6) is 0 Å². The molecule has 0 saturated heterocycles. The number of benzene rings is 2. The van der Waals surface area contributed by atoms with Gasteiger partial charge in [-0.05, 0) is 37.0 Å². The standard InChI is InChI=1S/C19H22ClNOS/c1-15(23-14-16-8-3-2-4-9-16)19(22)21-13-7-11-17-10-5-6-12-18(17)20/h2-6,8-10,12,15H,7,11,13-14H2,1H3,(H,21,22)/t15-/m1/s1. The molecule has 0 saturated carbocycles. The normalized spacial score (nSPS) is 11.9. The highest BCUT2D eigenvalue weighted by atomic mass is 35.5. The van der Waals surface area contributed by atoms with Crippen LogP contribution in [0.3, 0.4) is 0 Å². The smallest absolute Gasteiger partial charge is 0.232 e. The first kappa shape index (κ1) is 17.9. The van der Waals surface area contributed by atoms with Gasteiger partial charge in [0.25, 0.3) is 0 Å². The number of halogens is 1. The fourth-order valence-electron chi connectivity index (χ4n) is 2.21. The van der Waals surface area contributed by atoms with Crippen LogP contribution in [-0.4, -0.2) is 17.7 Å². The first-order valence-corrected chi connectivity index (χ1v) is 9.26. The van der Waals surface area contributed by atoms with Gasteiger partial charge in [-0.2, -0.15) is 0 Å². The van der Waals surface area contributed by atoms with Crippen LogP contribution in [0, 0.1) is 0 Å². The lowest BCUT2D eigenvalue weighted by Crippen LogP contribution is -2.31. The first-order valence-electron chi connectivity index (χ1n) is 7.83. The Morgan fingerprint density at radius 3 is 2.57 bits per heavy atom. The molecule has 2 aromatic rings. The Bertz CT molecular complexity index is 618. The van der Waals surface area contributed by atoms with E-state index in [9.17, 15) is 4.79 Å². The fourth-order valence-corrected chi connectivity index (χ4v) is 3.31. The highest BCUT2D eigenvalue weighted by Crippen LogP contribution is 2.18. The van der Waals surface area contributed by atoms with E-state index in [1.165, 1.54) is 5.56 Å². The predicted octanol–water partition coefficient (Wildman–Crippen LogP) is 4.71. The Balaban J connectivity index is 1.65. The molecule has 0 bridgehead atoms. The van der Waals surface area contributed by atoms with Gasteiger partial charge in [0, 0.05) is 17.3 Å². The number of nitrogens with one attached hydrogen (secondary N) is 1. The van der Waals surface area contributed by atoms with Gasteiger partial charge in [0.1, 0.15) is 0 Å². The van der Waals surface area contributed by atoms with E-state index in [-0.39, 0.29) is 11.2 Å². The molecule has 1 N–H and O–H groups in total. The van der Waals surface area contributed by atoms with E-state index in [1.807, 2.05) is 49.4 Å². The lowest BCUT2D eigenvalue weighted by molar-refractivity contribution is -0.120. The highest BCUT2D eigenvalue weighted by Gasteiger charge is 2.12. The SMILES string of the molecule is C[C@@H](SCc1ccccc1)C(=O)NCCCc1ccccc1Cl. The molecular formula is C19H22ClNOS. The van der Waals surface area contributed by atoms with Gasteiger partial charge in [0.2, 0.25) is 5.91 Å². The summed E-state index contributed by atoms with van der Waals surface area (Å²) >= 11 is 7.79. The zero-order valence-corrected chi connectivity index (χ0v) is 14.9. The van der Waals surface area contributed by atoms with Crippen molar-refractivity contribution in [2.75, 3.05) is 6.54 Å². The summed E-state index contributed by atoms with van der Waals surface area (Å²) in [6, 6.07) is 18.1. The van der Waals surface area contributed by atoms with E-state index in [0.29, 0.717) is 6.54 Å².